The SMILES string of the molecule is CN=C(NCCCOC1CCOCC1)NC1CCN(Cc2ccc(C(F)(F)F)cc2)C1.I. The van der Waals surface area contributed by atoms with E-state index in [9.17, 15) is 13.2 Å². The summed E-state index contributed by atoms with van der Waals surface area (Å²) in [5.74, 6) is 0.771. The highest BCUT2D eigenvalue weighted by Crippen LogP contribution is 2.29. The zero-order chi connectivity index (χ0) is 22.1. The Hall–Kier alpha value is -1.11. The Morgan fingerprint density at radius 3 is 2.56 bits per heavy atom. The van der Waals surface area contributed by atoms with E-state index >= 15 is 0 Å². The van der Waals surface area contributed by atoms with Gasteiger partial charge in [-0.3, -0.25) is 9.89 Å². The van der Waals surface area contributed by atoms with Gasteiger partial charge in [-0.2, -0.15) is 13.2 Å². The summed E-state index contributed by atoms with van der Waals surface area (Å²) in [7, 11) is 1.75. The molecule has 1 atom stereocenters. The first-order valence-electron chi connectivity index (χ1n) is 11.0. The van der Waals surface area contributed by atoms with Gasteiger partial charge in [0.2, 0.25) is 0 Å². The lowest BCUT2D eigenvalue weighted by Gasteiger charge is -2.22. The molecule has 1 aromatic carbocycles. The van der Waals surface area contributed by atoms with Crippen LogP contribution in [0.1, 0.15) is 36.8 Å². The summed E-state index contributed by atoms with van der Waals surface area (Å²) in [4.78, 5) is 6.54. The number of halogens is 4. The molecule has 2 heterocycles. The summed E-state index contributed by atoms with van der Waals surface area (Å²) in [6.45, 7) is 5.45. The Morgan fingerprint density at radius 1 is 1.19 bits per heavy atom. The van der Waals surface area contributed by atoms with Crippen molar-refractivity contribution >= 4 is 29.9 Å². The summed E-state index contributed by atoms with van der Waals surface area (Å²) in [6.07, 6.45) is -0.152. The van der Waals surface area contributed by atoms with Crippen molar-refractivity contribution in [1.82, 2.24) is 15.5 Å². The summed E-state index contributed by atoms with van der Waals surface area (Å²) in [5, 5.41) is 6.77. The van der Waals surface area contributed by atoms with Crippen LogP contribution in [0.3, 0.4) is 0 Å². The molecule has 32 heavy (non-hydrogen) atoms. The van der Waals surface area contributed by atoms with Crippen molar-refractivity contribution in [3.05, 3.63) is 35.4 Å². The molecule has 2 aliphatic heterocycles. The standard InChI is InChI=1S/C22H33F3N4O2.HI/c1-26-21(27-10-2-12-31-20-8-13-30-14-9-20)28-19-7-11-29(16-19)15-17-3-5-18(6-4-17)22(23,24)25;/h3-6,19-20H,2,7-16H2,1H3,(H2,26,27,28);1H. The quantitative estimate of drug-likeness (QED) is 0.217. The van der Waals surface area contributed by atoms with Gasteiger partial charge in [-0.15, -0.1) is 24.0 Å². The second-order valence-electron chi connectivity index (χ2n) is 8.09. The molecular weight excluding hydrogens is 536 g/mol. The van der Waals surface area contributed by atoms with E-state index in [0.717, 1.165) is 88.8 Å². The van der Waals surface area contributed by atoms with Crippen LogP contribution in [0.4, 0.5) is 13.2 Å². The fourth-order valence-electron chi connectivity index (χ4n) is 3.91. The average molecular weight is 570 g/mol. The van der Waals surface area contributed by atoms with Crippen LogP contribution in [0.5, 0.6) is 0 Å². The Labute approximate surface area is 205 Å². The van der Waals surface area contributed by atoms with Crippen LogP contribution in [0, 0.1) is 0 Å². The third-order valence-corrected chi connectivity index (χ3v) is 5.66. The summed E-state index contributed by atoms with van der Waals surface area (Å²) in [5.41, 5.74) is 0.283. The van der Waals surface area contributed by atoms with E-state index in [1.165, 1.54) is 0 Å². The number of rotatable bonds is 8. The van der Waals surface area contributed by atoms with E-state index < -0.39 is 11.7 Å². The minimum Gasteiger partial charge on any atom is -0.381 e. The topological polar surface area (TPSA) is 58.1 Å². The van der Waals surface area contributed by atoms with Crippen molar-refractivity contribution in [2.24, 2.45) is 4.99 Å². The van der Waals surface area contributed by atoms with Crippen LogP contribution in [0.25, 0.3) is 0 Å². The molecule has 10 heteroatoms. The zero-order valence-corrected chi connectivity index (χ0v) is 20.8. The van der Waals surface area contributed by atoms with Gasteiger partial charge < -0.3 is 20.1 Å². The van der Waals surface area contributed by atoms with E-state index in [-0.39, 0.29) is 30.0 Å². The second kappa shape index (κ2) is 13.6. The van der Waals surface area contributed by atoms with Crippen LogP contribution in [0.15, 0.2) is 29.3 Å². The van der Waals surface area contributed by atoms with Crippen molar-refractivity contribution in [2.45, 2.75) is 50.6 Å². The van der Waals surface area contributed by atoms with E-state index in [1.807, 2.05) is 0 Å². The molecule has 2 saturated heterocycles. The van der Waals surface area contributed by atoms with E-state index in [2.05, 4.69) is 20.5 Å². The predicted octanol–water partition coefficient (Wildman–Crippen LogP) is 3.65. The van der Waals surface area contributed by atoms with Crippen molar-refractivity contribution in [3.8, 4) is 0 Å². The van der Waals surface area contributed by atoms with Crippen LogP contribution in [-0.4, -0.2) is 69.5 Å². The Bertz CT molecular complexity index is 697. The van der Waals surface area contributed by atoms with Crippen molar-refractivity contribution in [1.29, 1.82) is 0 Å². The molecule has 2 fully saturated rings. The third kappa shape index (κ3) is 9.03. The molecule has 1 unspecified atom stereocenters. The Morgan fingerprint density at radius 2 is 1.91 bits per heavy atom. The third-order valence-electron chi connectivity index (χ3n) is 5.66. The minimum absolute atomic E-state index is 0. The van der Waals surface area contributed by atoms with E-state index in [0.29, 0.717) is 12.6 Å². The molecule has 6 nitrogen and oxygen atoms in total. The first-order valence-corrected chi connectivity index (χ1v) is 11.0. The molecule has 0 saturated carbocycles. The maximum Gasteiger partial charge on any atom is 0.416 e. The molecule has 2 aliphatic rings. The lowest BCUT2D eigenvalue weighted by molar-refractivity contribution is -0.137. The van der Waals surface area contributed by atoms with Gasteiger partial charge in [-0.1, -0.05) is 12.1 Å². The highest BCUT2D eigenvalue weighted by molar-refractivity contribution is 14.0. The highest BCUT2D eigenvalue weighted by Gasteiger charge is 2.30. The lowest BCUT2D eigenvalue weighted by Crippen LogP contribution is -2.45. The highest BCUT2D eigenvalue weighted by atomic mass is 127. The molecular formula is C22H34F3IN4O2. The van der Waals surface area contributed by atoms with E-state index in [4.69, 9.17) is 9.47 Å². The number of benzene rings is 1. The maximum atomic E-state index is 12.7. The Balaban J connectivity index is 0.00000363. The zero-order valence-electron chi connectivity index (χ0n) is 18.5. The number of likely N-dealkylation sites (tertiary alicyclic amines) is 1. The molecule has 0 aromatic heterocycles. The van der Waals surface area contributed by atoms with Gasteiger partial charge in [0.15, 0.2) is 5.96 Å². The molecule has 2 N–H and O–H groups in total. The van der Waals surface area contributed by atoms with Crippen LogP contribution >= 0.6 is 24.0 Å². The van der Waals surface area contributed by atoms with Crippen molar-refractivity contribution in [2.75, 3.05) is 46.5 Å². The number of guanidine groups is 1. The van der Waals surface area contributed by atoms with Gasteiger partial charge in [0.05, 0.1) is 11.7 Å². The number of hydrogen-bond acceptors (Lipinski definition) is 4. The fraction of sp³-hybridized carbons (Fsp3) is 0.682. The summed E-state index contributed by atoms with van der Waals surface area (Å²) in [6, 6.07) is 5.69. The summed E-state index contributed by atoms with van der Waals surface area (Å²) >= 11 is 0. The molecule has 0 aliphatic carbocycles. The predicted molar refractivity (Wildman–Crippen MR) is 129 cm³/mol. The Kier molecular flexibility index (Phi) is 11.5. The molecule has 1 aromatic rings. The lowest BCUT2D eigenvalue weighted by atomic mass is 10.1. The minimum atomic E-state index is -4.29. The number of aliphatic imine (C=N–C) groups is 1. The summed E-state index contributed by atoms with van der Waals surface area (Å²) < 4.78 is 49.3. The second-order valence-corrected chi connectivity index (χ2v) is 8.09. The average Bonchev–Trinajstić information content (AvgIpc) is 3.20. The molecule has 0 amide bonds. The first kappa shape index (κ1) is 27.1. The van der Waals surface area contributed by atoms with Crippen LogP contribution in [0.2, 0.25) is 0 Å². The molecule has 182 valence electrons. The van der Waals surface area contributed by atoms with Gasteiger partial charge in [0.1, 0.15) is 0 Å². The number of ether oxygens (including phenoxy) is 2. The smallest absolute Gasteiger partial charge is 0.381 e. The molecule has 0 radical (unpaired) electrons. The molecule has 0 bridgehead atoms. The van der Waals surface area contributed by atoms with Gasteiger partial charge in [-0.25, -0.2) is 0 Å². The van der Waals surface area contributed by atoms with Crippen LogP contribution < -0.4 is 10.6 Å². The largest absolute Gasteiger partial charge is 0.416 e. The number of hydrogen-bond donors (Lipinski definition) is 2. The molecule has 0 spiro atoms. The van der Waals surface area contributed by atoms with Crippen molar-refractivity contribution < 1.29 is 22.6 Å². The van der Waals surface area contributed by atoms with Gasteiger partial charge in [-0.05, 0) is 43.4 Å². The van der Waals surface area contributed by atoms with Gasteiger partial charge >= 0.3 is 6.18 Å². The normalized spacial score (nSPS) is 20.8. The van der Waals surface area contributed by atoms with Crippen molar-refractivity contribution in [3.63, 3.8) is 0 Å². The number of nitrogens with one attached hydrogen (secondary N) is 2. The molecule has 3 rings (SSSR count). The van der Waals surface area contributed by atoms with Crippen LogP contribution in [-0.2, 0) is 22.2 Å². The fourth-order valence-corrected chi connectivity index (χ4v) is 3.91. The first-order chi connectivity index (χ1) is 14.9. The monoisotopic (exact) mass is 570 g/mol. The maximum absolute atomic E-state index is 12.7. The number of alkyl halides is 3. The number of nitrogens with zero attached hydrogens (tertiary/aromatic N) is 2. The van der Waals surface area contributed by atoms with Gasteiger partial charge in [0.25, 0.3) is 0 Å². The van der Waals surface area contributed by atoms with Gasteiger partial charge in [0, 0.05) is 59.1 Å². The van der Waals surface area contributed by atoms with E-state index in [1.54, 1.807) is 19.2 Å².